The fraction of sp³-hybridized carbons (Fsp3) is 0.367. The summed E-state index contributed by atoms with van der Waals surface area (Å²) in [6.07, 6.45) is 2.69. The molecule has 2 N–H and O–H groups in total. The smallest absolute Gasteiger partial charge is 0.493 e. The second kappa shape index (κ2) is 14.6. The molecule has 0 aliphatic carbocycles. The first-order chi connectivity index (χ1) is 20.8. The van der Waals surface area contributed by atoms with Crippen molar-refractivity contribution in [3.63, 3.8) is 0 Å². The van der Waals surface area contributed by atoms with Crippen LogP contribution in [-0.4, -0.2) is 98.8 Å². The van der Waals surface area contributed by atoms with Crippen LogP contribution in [-0.2, 0) is 27.2 Å². The van der Waals surface area contributed by atoms with Crippen molar-refractivity contribution in [2.45, 2.75) is 18.1 Å². The van der Waals surface area contributed by atoms with Gasteiger partial charge in [0.2, 0.25) is 0 Å². The lowest BCUT2D eigenvalue weighted by Gasteiger charge is -2.23. The van der Waals surface area contributed by atoms with Gasteiger partial charge < -0.3 is 29.6 Å². The first kappa shape index (κ1) is 31.4. The average molecular weight is 612 g/mol. The quantitative estimate of drug-likeness (QED) is 0.307. The van der Waals surface area contributed by atoms with Gasteiger partial charge in [0.15, 0.2) is 41.3 Å². The topological polar surface area (TPSA) is 136 Å². The Balaban J connectivity index is 1.33. The average Bonchev–Trinajstić information content (AvgIpc) is 3.51. The Morgan fingerprint density at radius 2 is 1.35 bits per heavy atom. The first-order valence-corrected chi connectivity index (χ1v) is 14.5. The summed E-state index contributed by atoms with van der Waals surface area (Å²) in [4.78, 5) is 53.0. The zero-order valence-electron chi connectivity index (χ0n) is 24.5. The Morgan fingerprint density at radius 1 is 0.814 bits per heavy atom. The van der Waals surface area contributed by atoms with Crippen molar-refractivity contribution in [3.05, 3.63) is 59.0 Å². The molecular formula is C30H35N4O8S+. The highest BCUT2D eigenvalue weighted by molar-refractivity contribution is 8.04. The molecule has 2 aliphatic rings. The van der Waals surface area contributed by atoms with Crippen LogP contribution in [0.15, 0.2) is 47.9 Å². The lowest BCUT2D eigenvalue weighted by atomic mass is 10.1. The van der Waals surface area contributed by atoms with Crippen molar-refractivity contribution in [1.29, 1.82) is 0 Å². The fourth-order valence-corrected chi connectivity index (χ4v) is 5.69. The zero-order valence-corrected chi connectivity index (χ0v) is 25.3. The van der Waals surface area contributed by atoms with Gasteiger partial charge in [0.1, 0.15) is 5.71 Å². The molecule has 0 aromatic heterocycles. The van der Waals surface area contributed by atoms with Crippen molar-refractivity contribution in [3.8, 4) is 23.0 Å². The Bertz CT molecular complexity index is 1460. The predicted octanol–water partition coefficient (Wildman–Crippen LogP) is 1.78. The van der Waals surface area contributed by atoms with Crippen molar-refractivity contribution < 1.29 is 42.7 Å². The molecule has 0 saturated heterocycles. The lowest BCUT2D eigenvalue weighted by molar-refractivity contribution is -0.426. The van der Waals surface area contributed by atoms with E-state index in [0.717, 1.165) is 16.0 Å². The number of carbonyl (C=O) groups is 4. The van der Waals surface area contributed by atoms with Crippen molar-refractivity contribution in [2.24, 2.45) is 0 Å². The van der Waals surface area contributed by atoms with Gasteiger partial charge in [0, 0.05) is 13.1 Å². The maximum absolute atomic E-state index is 13.4. The predicted molar refractivity (Wildman–Crippen MR) is 160 cm³/mol. The molecule has 0 radical (unpaired) electrons. The van der Waals surface area contributed by atoms with Gasteiger partial charge in [-0.2, -0.15) is 9.37 Å². The van der Waals surface area contributed by atoms with E-state index in [4.69, 9.17) is 18.9 Å². The van der Waals surface area contributed by atoms with Gasteiger partial charge in [0.05, 0.1) is 28.4 Å². The summed E-state index contributed by atoms with van der Waals surface area (Å²) in [5.41, 5.74) is 2.28. The summed E-state index contributed by atoms with van der Waals surface area (Å²) in [5, 5.41) is 6.59. The Hall–Kier alpha value is -4.52. The number of rotatable bonds is 14. The number of hydrogen-bond donors (Lipinski definition) is 2. The second-order valence-corrected chi connectivity index (χ2v) is 10.6. The summed E-state index contributed by atoms with van der Waals surface area (Å²) in [6.45, 7) is -0.129. The molecule has 0 spiro atoms. The maximum atomic E-state index is 13.4. The zero-order chi connectivity index (χ0) is 30.9. The number of nitrogens with one attached hydrogen (secondary N) is 2. The Kier molecular flexibility index (Phi) is 10.7. The third kappa shape index (κ3) is 7.47. The van der Waals surface area contributed by atoms with Crippen molar-refractivity contribution >= 4 is 41.2 Å². The highest BCUT2D eigenvalue weighted by Crippen LogP contribution is 2.29. The molecule has 2 aromatic rings. The molecule has 0 bridgehead atoms. The van der Waals surface area contributed by atoms with Crippen LogP contribution in [0.2, 0.25) is 0 Å². The molecule has 1 atom stereocenters. The summed E-state index contributed by atoms with van der Waals surface area (Å²) in [5.74, 6) is 1.02. The molecule has 2 aliphatic heterocycles. The number of amides is 5. The van der Waals surface area contributed by atoms with E-state index in [1.807, 2.05) is 24.3 Å². The van der Waals surface area contributed by atoms with E-state index in [-0.39, 0.29) is 19.0 Å². The highest BCUT2D eigenvalue weighted by Gasteiger charge is 2.50. The number of thioether (sulfide) groups is 1. The lowest BCUT2D eigenvalue weighted by Crippen LogP contribution is -2.58. The number of imide groups is 1. The van der Waals surface area contributed by atoms with Crippen molar-refractivity contribution in [1.82, 2.24) is 15.5 Å². The Morgan fingerprint density at radius 3 is 1.88 bits per heavy atom. The van der Waals surface area contributed by atoms with Crippen LogP contribution >= 0.6 is 11.8 Å². The van der Waals surface area contributed by atoms with Crippen LogP contribution in [0.4, 0.5) is 4.79 Å². The third-order valence-electron chi connectivity index (χ3n) is 6.96. The number of urea groups is 1. The molecule has 1 unspecified atom stereocenters. The van der Waals surface area contributed by atoms with Gasteiger partial charge in [0.25, 0.3) is 11.8 Å². The van der Waals surface area contributed by atoms with E-state index >= 15 is 0 Å². The van der Waals surface area contributed by atoms with Gasteiger partial charge in [-0.1, -0.05) is 12.1 Å². The van der Waals surface area contributed by atoms with Gasteiger partial charge in [-0.05, 0) is 59.7 Å². The molecule has 0 fully saturated rings. The Labute approximate surface area is 254 Å². The summed E-state index contributed by atoms with van der Waals surface area (Å²) < 4.78 is 22.4. The van der Waals surface area contributed by atoms with E-state index in [9.17, 15) is 19.2 Å². The minimum Gasteiger partial charge on any atom is -0.493 e. The van der Waals surface area contributed by atoms with Crippen molar-refractivity contribution in [2.75, 3.05) is 54.6 Å². The van der Waals surface area contributed by atoms with Crippen LogP contribution < -0.4 is 29.6 Å². The maximum Gasteiger partial charge on any atom is 0.501 e. The second-order valence-electron chi connectivity index (χ2n) is 9.62. The number of benzene rings is 2. The molecule has 13 heteroatoms. The molecule has 43 heavy (non-hydrogen) atoms. The molecule has 2 heterocycles. The molecule has 5 amide bonds. The van der Waals surface area contributed by atoms with E-state index in [0.29, 0.717) is 48.1 Å². The summed E-state index contributed by atoms with van der Waals surface area (Å²) in [6, 6.07) is 10.3. The summed E-state index contributed by atoms with van der Waals surface area (Å²) in [7, 11) is 6.21. The number of allylic oxidation sites excluding steroid dienone is 1. The minimum absolute atomic E-state index is 0.286. The third-order valence-corrected chi connectivity index (χ3v) is 7.97. The molecule has 2 aromatic carbocycles. The van der Waals surface area contributed by atoms with Gasteiger partial charge in [-0.15, -0.1) is 16.7 Å². The van der Waals surface area contributed by atoms with E-state index in [2.05, 4.69) is 10.6 Å². The molecular weight excluding hydrogens is 576 g/mol. The highest BCUT2D eigenvalue weighted by atomic mass is 32.2. The molecule has 4 rings (SSSR count). The van der Waals surface area contributed by atoms with Crippen LogP contribution in [0.25, 0.3) is 0 Å². The fourth-order valence-electron chi connectivity index (χ4n) is 4.72. The minimum atomic E-state index is -0.714. The molecule has 0 saturated carbocycles. The van der Waals surface area contributed by atoms with Crippen LogP contribution in [0.3, 0.4) is 0 Å². The summed E-state index contributed by atoms with van der Waals surface area (Å²) >= 11 is 1.23. The number of hydrogen-bond acceptors (Lipinski definition) is 9. The van der Waals surface area contributed by atoms with Gasteiger partial charge in [-0.3, -0.25) is 9.59 Å². The SMILES string of the molecule is COc1ccc(CCNC(=O)CN2C(=O)C3SC=CC3=[N+](CC(=O)NCCc3ccc(OC)c(OC)c3)C2=O)cc1OC. The van der Waals surface area contributed by atoms with E-state index < -0.39 is 29.6 Å². The largest absolute Gasteiger partial charge is 0.501 e. The van der Waals surface area contributed by atoms with Crippen LogP contribution in [0.1, 0.15) is 11.1 Å². The number of methoxy groups -OCH3 is 4. The van der Waals surface area contributed by atoms with Gasteiger partial charge in [-0.25, -0.2) is 4.79 Å². The van der Waals surface area contributed by atoms with Crippen LogP contribution in [0.5, 0.6) is 23.0 Å². The number of ether oxygens (including phenoxy) is 4. The number of nitrogens with zero attached hydrogens (tertiary/aromatic N) is 2. The van der Waals surface area contributed by atoms with Crippen LogP contribution in [0, 0.1) is 0 Å². The monoisotopic (exact) mass is 611 g/mol. The van der Waals surface area contributed by atoms with E-state index in [1.165, 1.54) is 16.3 Å². The number of fused-ring (bicyclic) bond motifs is 1. The van der Waals surface area contributed by atoms with Gasteiger partial charge >= 0.3 is 11.9 Å². The normalized spacial score (nSPS) is 15.7. The standard InChI is InChI=1S/C30H34N4O8S/c1-39-22-7-5-19(15-24(22)41-3)9-12-31-26(35)17-33-21-11-14-43-28(21)29(37)34(30(33)38)18-27(36)32-13-10-20-6-8-23(40-2)25(16-20)42-4/h5-8,11,14-16,28H,9-10,12-13,17-18H2,1-4H3,(H-,31,32,35,36)/p+1. The molecule has 12 nitrogen and oxygen atoms in total. The number of carbonyl (C=O) groups excluding carboxylic acids is 4. The first-order valence-electron chi connectivity index (χ1n) is 13.6. The van der Waals surface area contributed by atoms with E-state index in [1.54, 1.807) is 52.1 Å². The molecule has 228 valence electrons.